The van der Waals surface area contributed by atoms with Crippen LogP contribution in [0.4, 0.5) is 0 Å². The Hall–Kier alpha value is -0.340. The van der Waals surface area contributed by atoms with Gasteiger partial charge in [-0.15, -0.1) is 0 Å². The van der Waals surface area contributed by atoms with Gasteiger partial charge < -0.3 is 9.80 Å². The predicted octanol–water partition coefficient (Wildman–Crippen LogP) is 0.705. The zero-order valence-corrected chi connectivity index (χ0v) is 13.7. The molecule has 0 aromatic heterocycles. The normalized spacial score (nSPS) is 44.1. The Kier molecular flexibility index (Phi) is 4.36. The molecule has 0 amide bonds. The molecular weight excluding hydrogens is 256 g/mol. The summed E-state index contributed by atoms with van der Waals surface area (Å²) in [5, 5.41) is 0. The molecule has 2 aliphatic heterocycles. The fourth-order valence-corrected chi connectivity index (χ4v) is 5.73. The van der Waals surface area contributed by atoms with Gasteiger partial charge in [-0.2, -0.15) is 0 Å². The number of piperidine rings is 1. The quantitative estimate of drug-likeness (QED) is 0.708. The highest BCUT2D eigenvalue weighted by Crippen LogP contribution is 2.42. The average Bonchev–Trinajstić information content (AvgIpc) is 3.02. The standard InChI is InChI=1S/C19H32N2/c1-2-4-10-21(9-3-1)19-7-11-20(12-8-19)15-18-14-16-5-6-17(18)13-16/h5-6,16-19H,1-4,7-15H2/p+2/t16-,17+,18-/m1/s1. The van der Waals surface area contributed by atoms with Gasteiger partial charge in [-0.1, -0.05) is 12.2 Å². The highest BCUT2D eigenvalue weighted by Gasteiger charge is 2.39. The van der Waals surface area contributed by atoms with Crippen LogP contribution in [0.15, 0.2) is 12.2 Å². The van der Waals surface area contributed by atoms with E-state index in [2.05, 4.69) is 12.2 Å². The molecule has 3 atom stereocenters. The smallest absolute Gasteiger partial charge is 0.0983 e. The Balaban J connectivity index is 1.24. The van der Waals surface area contributed by atoms with Gasteiger partial charge in [-0.25, -0.2) is 0 Å². The van der Waals surface area contributed by atoms with Gasteiger partial charge in [0.1, 0.15) is 0 Å². The molecule has 0 aromatic rings. The molecule has 2 bridgehead atoms. The molecule has 2 aliphatic carbocycles. The lowest BCUT2D eigenvalue weighted by molar-refractivity contribution is -0.958. The van der Waals surface area contributed by atoms with Crippen molar-refractivity contribution >= 4 is 0 Å². The molecule has 4 rings (SSSR count). The van der Waals surface area contributed by atoms with Gasteiger partial charge in [0.25, 0.3) is 0 Å². The third-order valence-corrected chi connectivity index (χ3v) is 6.98. The highest BCUT2D eigenvalue weighted by atomic mass is 15.2. The SMILES string of the molecule is C1=C[C@H]2C[C@@H]1C[C@@H]2C[NH+]1CCC([NH+]2CCCCCC2)CC1. The Labute approximate surface area is 130 Å². The van der Waals surface area contributed by atoms with E-state index in [1.807, 2.05) is 9.80 Å². The van der Waals surface area contributed by atoms with Crippen LogP contribution in [-0.2, 0) is 0 Å². The van der Waals surface area contributed by atoms with Crippen LogP contribution in [0, 0.1) is 17.8 Å². The van der Waals surface area contributed by atoms with E-state index in [4.69, 9.17) is 0 Å². The lowest BCUT2D eigenvalue weighted by atomic mass is 9.92. The van der Waals surface area contributed by atoms with Crippen LogP contribution in [-0.4, -0.2) is 38.8 Å². The van der Waals surface area contributed by atoms with E-state index in [9.17, 15) is 0 Å². The number of hydrogen-bond acceptors (Lipinski definition) is 0. The van der Waals surface area contributed by atoms with E-state index in [0.29, 0.717) is 0 Å². The van der Waals surface area contributed by atoms with Crippen LogP contribution in [0.2, 0.25) is 0 Å². The minimum Gasteiger partial charge on any atom is -0.334 e. The number of allylic oxidation sites excluding steroid dienone is 2. The number of quaternary nitrogens is 2. The molecular formula is C19H34N2+2. The first kappa shape index (κ1) is 14.3. The first-order valence-corrected chi connectivity index (χ1v) is 9.75. The van der Waals surface area contributed by atoms with Crippen LogP contribution in [0.5, 0.6) is 0 Å². The van der Waals surface area contributed by atoms with Crippen LogP contribution in [0.25, 0.3) is 0 Å². The molecule has 118 valence electrons. The highest BCUT2D eigenvalue weighted by molar-refractivity contribution is 5.09. The maximum Gasteiger partial charge on any atom is 0.0983 e. The van der Waals surface area contributed by atoms with Crippen LogP contribution in [0.3, 0.4) is 0 Å². The van der Waals surface area contributed by atoms with E-state index in [0.717, 1.165) is 23.8 Å². The van der Waals surface area contributed by atoms with E-state index in [1.54, 1.807) is 0 Å². The summed E-state index contributed by atoms with van der Waals surface area (Å²) in [5.41, 5.74) is 0. The summed E-state index contributed by atoms with van der Waals surface area (Å²) >= 11 is 0. The second-order valence-corrected chi connectivity index (χ2v) is 8.34. The number of nitrogens with one attached hydrogen (secondary N) is 2. The van der Waals surface area contributed by atoms with Crippen molar-refractivity contribution < 1.29 is 9.80 Å². The third kappa shape index (κ3) is 3.22. The second kappa shape index (κ2) is 6.42. The second-order valence-electron chi connectivity index (χ2n) is 8.34. The Bertz CT molecular complexity index is 362. The molecule has 0 spiro atoms. The van der Waals surface area contributed by atoms with Crippen molar-refractivity contribution in [1.82, 2.24) is 0 Å². The van der Waals surface area contributed by atoms with Gasteiger partial charge in [-0.3, -0.25) is 0 Å². The number of hydrogen-bond donors (Lipinski definition) is 2. The zero-order chi connectivity index (χ0) is 14.1. The fourth-order valence-electron chi connectivity index (χ4n) is 5.73. The third-order valence-electron chi connectivity index (χ3n) is 6.98. The predicted molar refractivity (Wildman–Crippen MR) is 86.6 cm³/mol. The number of rotatable bonds is 3. The van der Waals surface area contributed by atoms with Crippen molar-refractivity contribution in [2.45, 2.75) is 57.4 Å². The van der Waals surface area contributed by atoms with Gasteiger partial charge in [0.2, 0.25) is 0 Å². The zero-order valence-electron chi connectivity index (χ0n) is 13.7. The molecule has 0 unspecified atom stereocenters. The van der Waals surface area contributed by atoms with Crippen molar-refractivity contribution in [3.05, 3.63) is 12.2 Å². The van der Waals surface area contributed by atoms with Gasteiger partial charge in [0.05, 0.1) is 38.8 Å². The lowest BCUT2D eigenvalue weighted by Gasteiger charge is -2.35. The maximum absolute atomic E-state index is 2.53. The van der Waals surface area contributed by atoms with E-state index in [1.165, 1.54) is 84.1 Å². The van der Waals surface area contributed by atoms with Crippen molar-refractivity contribution in [3.63, 3.8) is 0 Å². The summed E-state index contributed by atoms with van der Waals surface area (Å²) in [7, 11) is 0. The number of fused-ring (bicyclic) bond motifs is 2. The molecule has 21 heavy (non-hydrogen) atoms. The Morgan fingerprint density at radius 1 is 0.810 bits per heavy atom. The van der Waals surface area contributed by atoms with Gasteiger partial charge in [0, 0.05) is 18.8 Å². The largest absolute Gasteiger partial charge is 0.334 e. The van der Waals surface area contributed by atoms with E-state index in [-0.39, 0.29) is 0 Å². The van der Waals surface area contributed by atoms with Gasteiger partial charge in [-0.05, 0) is 50.4 Å². The molecule has 0 radical (unpaired) electrons. The minimum atomic E-state index is 0.955. The van der Waals surface area contributed by atoms with Crippen LogP contribution >= 0.6 is 0 Å². The van der Waals surface area contributed by atoms with E-state index < -0.39 is 0 Å². The van der Waals surface area contributed by atoms with Crippen LogP contribution in [0.1, 0.15) is 51.4 Å². The van der Waals surface area contributed by atoms with Crippen molar-refractivity contribution in [1.29, 1.82) is 0 Å². The molecule has 2 nitrogen and oxygen atoms in total. The molecule has 2 N–H and O–H groups in total. The van der Waals surface area contributed by atoms with Crippen molar-refractivity contribution in [2.75, 3.05) is 32.7 Å². The van der Waals surface area contributed by atoms with Gasteiger partial charge in [0.15, 0.2) is 0 Å². The molecule has 4 aliphatic rings. The topological polar surface area (TPSA) is 8.88 Å². The van der Waals surface area contributed by atoms with Gasteiger partial charge >= 0.3 is 0 Å². The average molecular weight is 290 g/mol. The summed E-state index contributed by atoms with van der Waals surface area (Å²) < 4.78 is 0. The Morgan fingerprint density at radius 2 is 1.57 bits per heavy atom. The first-order chi connectivity index (χ1) is 10.4. The molecule has 1 saturated carbocycles. The summed E-state index contributed by atoms with van der Waals surface area (Å²) in [5.74, 6) is 2.94. The fraction of sp³-hybridized carbons (Fsp3) is 0.895. The Morgan fingerprint density at radius 3 is 2.19 bits per heavy atom. The summed E-state index contributed by atoms with van der Waals surface area (Å²) in [6.07, 6.45) is 17.0. The molecule has 2 saturated heterocycles. The van der Waals surface area contributed by atoms with Crippen LogP contribution < -0.4 is 9.80 Å². The van der Waals surface area contributed by atoms with Crippen molar-refractivity contribution in [2.24, 2.45) is 17.8 Å². The lowest BCUT2D eigenvalue weighted by Crippen LogP contribution is -3.20. The van der Waals surface area contributed by atoms with E-state index >= 15 is 0 Å². The maximum atomic E-state index is 2.53. The van der Waals surface area contributed by atoms with Crippen molar-refractivity contribution in [3.8, 4) is 0 Å². The minimum absolute atomic E-state index is 0.955. The summed E-state index contributed by atoms with van der Waals surface area (Å²) in [4.78, 5) is 3.90. The summed E-state index contributed by atoms with van der Waals surface area (Å²) in [6.45, 7) is 7.35. The monoisotopic (exact) mass is 290 g/mol. The summed E-state index contributed by atoms with van der Waals surface area (Å²) in [6, 6.07) is 1.01. The molecule has 3 fully saturated rings. The molecule has 2 heteroatoms. The molecule has 2 heterocycles. The number of likely N-dealkylation sites (tertiary alicyclic amines) is 2. The first-order valence-electron chi connectivity index (χ1n) is 9.75. The molecule has 0 aromatic carbocycles.